The van der Waals surface area contributed by atoms with E-state index in [9.17, 15) is 9.59 Å². The lowest BCUT2D eigenvalue weighted by atomic mass is 10.3. The maximum absolute atomic E-state index is 12.4. The van der Waals surface area contributed by atoms with E-state index in [1.807, 2.05) is 22.7 Å². The molecule has 1 saturated carbocycles. The fourth-order valence-corrected chi connectivity index (χ4v) is 2.84. The first kappa shape index (κ1) is 16.0. The lowest BCUT2D eigenvalue weighted by molar-refractivity contribution is -0.141. The van der Waals surface area contributed by atoms with Crippen LogP contribution in [0.1, 0.15) is 39.2 Å². The molecule has 2 atom stereocenters. The number of ether oxygens (including phenoxy) is 1. The highest BCUT2D eigenvalue weighted by Crippen LogP contribution is 2.29. The quantitative estimate of drug-likeness (QED) is 0.860. The summed E-state index contributed by atoms with van der Waals surface area (Å²) in [5.41, 5.74) is 0. The predicted molar refractivity (Wildman–Crippen MR) is 84.9 cm³/mol. The minimum absolute atomic E-state index is 0.0578. The van der Waals surface area contributed by atoms with Gasteiger partial charge in [-0.1, -0.05) is 0 Å². The molecular weight excluding hydrogens is 296 g/mol. The molecular formula is C16H24N4O3. The van der Waals surface area contributed by atoms with E-state index >= 15 is 0 Å². The summed E-state index contributed by atoms with van der Waals surface area (Å²) in [7, 11) is 0. The molecule has 23 heavy (non-hydrogen) atoms. The molecule has 0 spiro atoms. The van der Waals surface area contributed by atoms with Gasteiger partial charge in [-0.15, -0.1) is 0 Å². The molecule has 126 valence electrons. The molecule has 1 aliphatic heterocycles. The van der Waals surface area contributed by atoms with E-state index in [1.54, 1.807) is 6.07 Å². The number of nitrogens with one attached hydrogen (secondary N) is 1. The zero-order valence-electron chi connectivity index (χ0n) is 13.7. The maximum Gasteiger partial charge on any atom is 0.251 e. The zero-order chi connectivity index (χ0) is 16.4. The molecule has 1 saturated heterocycles. The maximum atomic E-state index is 12.4. The Balaban J connectivity index is 1.51. The first-order valence-electron chi connectivity index (χ1n) is 8.26. The Labute approximate surface area is 136 Å². The summed E-state index contributed by atoms with van der Waals surface area (Å²) in [6.07, 6.45) is 4.78. The van der Waals surface area contributed by atoms with Gasteiger partial charge in [0.05, 0.1) is 12.6 Å². The second-order valence-corrected chi connectivity index (χ2v) is 6.51. The summed E-state index contributed by atoms with van der Waals surface area (Å²) in [4.78, 5) is 25.3. The van der Waals surface area contributed by atoms with Crippen LogP contribution in [0.15, 0.2) is 12.3 Å². The topological polar surface area (TPSA) is 76.5 Å². The molecule has 1 aromatic heterocycles. The minimum Gasteiger partial charge on any atom is -0.368 e. The molecule has 2 amide bonds. The summed E-state index contributed by atoms with van der Waals surface area (Å²) in [5, 5.41) is 7.02. The third-order valence-corrected chi connectivity index (χ3v) is 4.39. The lowest BCUT2D eigenvalue weighted by Crippen LogP contribution is -2.38. The van der Waals surface area contributed by atoms with Gasteiger partial charge in [0.1, 0.15) is 6.10 Å². The van der Waals surface area contributed by atoms with Gasteiger partial charge in [-0.05, 0) is 32.1 Å². The average molecular weight is 320 g/mol. The Morgan fingerprint density at radius 2 is 2.22 bits per heavy atom. The van der Waals surface area contributed by atoms with Crippen molar-refractivity contribution >= 4 is 17.6 Å². The largest absolute Gasteiger partial charge is 0.368 e. The Morgan fingerprint density at radius 1 is 1.43 bits per heavy atom. The molecule has 0 aromatic carbocycles. The van der Waals surface area contributed by atoms with Gasteiger partial charge < -0.3 is 15.0 Å². The van der Waals surface area contributed by atoms with Crippen LogP contribution in [0.4, 0.5) is 5.82 Å². The van der Waals surface area contributed by atoms with Gasteiger partial charge in [-0.2, -0.15) is 5.10 Å². The lowest BCUT2D eigenvalue weighted by Gasteiger charge is -2.21. The Morgan fingerprint density at radius 3 is 2.91 bits per heavy atom. The van der Waals surface area contributed by atoms with E-state index in [0.717, 1.165) is 13.0 Å². The van der Waals surface area contributed by atoms with Gasteiger partial charge in [0.15, 0.2) is 5.82 Å². The van der Waals surface area contributed by atoms with Gasteiger partial charge in [0, 0.05) is 32.3 Å². The molecule has 2 aliphatic rings. The fraction of sp³-hybridized carbons (Fsp3) is 0.688. The molecule has 2 fully saturated rings. The average Bonchev–Trinajstić information content (AvgIpc) is 3.01. The molecule has 0 radical (unpaired) electrons. The van der Waals surface area contributed by atoms with Gasteiger partial charge in [0.25, 0.3) is 5.91 Å². The van der Waals surface area contributed by atoms with E-state index in [-0.39, 0.29) is 24.0 Å². The number of anilines is 1. The monoisotopic (exact) mass is 320 g/mol. The Kier molecular flexibility index (Phi) is 4.66. The SMILES string of the molecule is CC(=O)Nc1ccn(C2CCN(C(=O)C(C)OCC3CC3)C2)n1. The van der Waals surface area contributed by atoms with Crippen molar-refractivity contribution in [3.63, 3.8) is 0 Å². The standard InChI is InChI=1S/C16H24N4O3/c1-11(23-10-13-3-4-13)16(22)19-7-5-14(9-19)20-8-6-15(18-20)17-12(2)21/h6,8,11,13-14H,3-5,7,9-10H2,1-2H3,(H,17,18,21). The third kappa shape index (κ3) is 4.10. The second-order valence-electron chi connectivity index (χ2n) is 6.51. The number of amides is 2. The number of carbonyl (C=O) groups is 2. The molecule has 7 heteroatoms. The summed E-state index contributed by atoms with van der Waals surface area (Å²) in [6.45, 7) is 5.34. The number of nitrogens with zero attached hydrogens (tertiary/aromatic N) is 3. The highest BCUT2D eigenvalue weighted by molar-refractivity contribution is 5.87. The van der Waals surface area contributed by atoms with Crippen LogP contribution in [0.2, 0.25) is 0 Å². The molecule has 1 N–H and O–H groups in total. The second kappa shape index (κ2) is 6.70. The normalized spacial score (nSPS) is 22.2. The van der Waals surface area contributed by atoms with Crippen molar-refractivity contribution in [3.05, 3.63) is 12.3 Å². The van der Waals surface area contributed by atoms with Crippen LogP contribution in [0, 0.1) is 5.92 Å². The molecule has 2 unspecified atom stereocenters. The zero-order valence-corrected chi connectivity index (χ0v) is 13.7. The van der Waals surface area contributed by atoms with E-state index in [4.69, 9.17) is 4.74 Å². The summed E-state index contributed by atoms with van der Waals surface area (Å²) in [6, 6.07) is 1.92. The Bertz CT molecular complexity index is 582. The van der Waals surface area contributed by atoms with E-state index in [1.165, 1.54) is 19.8 Å². The van der Waals surface area contributed by atoms with Gasteiger partial charge in [-0.3, -0.25) is 14.3 Å². The van der Waals surface area contributed by atoms with Crippen LogP contribution in [0.25, 0.3) is 0 Å². The fourth-order valence-electron chi connectivity index (χ4n) is 2.84. The van der Waals surface area contributed by atoms with Crippen LogP contribution in [-0.2, 0) is 14.3 Å². The van der Waals surface area contributed by atoms with Crippen LogP contribution in [0.3, 0.4) is 0 Å². The Hall–Kier alpha value is -1.89. The number of hydrogen-bond acceptors (Lipinski definition) is 4. The number of likely N-dealkylation sites (tertiary alicyclic amines) is 1. The van der Waals surface area contributed by atoms with Crippen LogP contribution < -0.4 is 5.32 Å². The van der Waals surface area contributed by atoms with E-state index in [2.05, 4.69) is 10.4 Å². The van der Waals surface area contributed by atoms with Crippen molar-refractivity contribution in [1.29, 1.82) is 0 Å². The van der Waals surface area contributed by atoms with Crippen LogP contribution in [-0.4, -0.2) is 52.3 Å². The number of aromatic nitrogens is 2. The van der Waals surface area contributed by atoms with Crippen molar-refractivity contribution in [2.24, 2.45) is 5.92 Å². The van der Waals surface area contributed by atoms with Crippen molar-refractivity contribution in [2.45, 2.75) is 45.3 Å². The summed E-state index contributed by atoms with van der Waals surface area (Å²) < 4.78 is 7.50. The summed E-state index contributed by atoms with van der Waals surface area (Å²) >= 11 is 0. The van der Waals surface area contributed by atoms with Crippen molar-refractivity contribution < 1.29 is 14.3 Å². The highest BCUT2D eigenvalue weighted by atomic mass is 16.5. The minimum atomic E-state index is -0.373. The van der Waals surface area contributed by atoms with Crippen molar-refractivity contribution in [3.8, 4) is 0 Å². The van der Waals surface area contributed by atoms with Crippen LogP contribution >= 0.6 is 0 Å². The van der Waals surface area contributed by atoms with Crippen LogP contribution in [0.5, 0.6) is 0 Å². The number of rotatable bonds is 6. The summed E-state index contributed by atoms with van der Waals surface area (Å²) in [5.74, 6) is 1.12. The predicted octanol–water partition coefficient (Wildman–Crippen LogP) is 1.43. The smallest absolute Gasteiger partial charge is 0.251 e. The number of hydrogen-bond donors (Lipinski definition) is 1. The van der Waals surface area contributed by atoms with Crippen molar-refractivity contribution in [2.75, 3.05) is 25.0 Å². The van der Waals surface area contributed by atoms with Crippen molar-refractivity contribution in [1.82, 2.24) is 14.7 Å². The molecule has 3 rings (SSSR count). The van der Waals surface area contributed by atoms with Gasteiger partial charge >= 0.3 is 0 Å². The molecule has 0 bridgehead atoms. The third-order valence-electron chi connectivity index (χ3n) is 4.39. The van der Waals surface area contributed by atoms with Gasteiger partial charge in [-0.25, -0.2) is 0 Å². The highest BCUT2D eigenvalue weighted by Gasteiger charge is 2.31. The van der Waals surface area contributed by atoms with Gasteiger partial charge in [0.2, 0.25) is 5.91 Å². The molecule has 1 aliphatic carbocycles. The first-order valence-corrected chi connectivity index (χ1v) is 8.26. The molecule has 2 heterocycles. The molecule has 1 aromatic rings. The van der Waals surface area contributed by atoms with E-state index < -0.39 is 0 Å². The molecule has 7 nitrogen and oxygen atoms in total. The number of carbonyl (C=O) groups excluding carboxylic acids is 2. The first-order chi connectivity index (χ1) is 11.0. The van der Waals surface area contributed by atoms with E-state index in [0.29, 0.717) is 24.9 Å².